The molecule has 1 aliphatic rings. The van der Waals surface area contributed by atoms with E-state index in [1.807, 2.05) is 18.2 Å². The van der Waals surface area contributed by atoms with E-state index in [-0.39, 0.29) is 5.78 Å². The van der Waals surface area contributed by atoms with Crippen molar-refractivity contribution in [2.75, 3.05) is 0 Å². The minimum Gasteiger partial charge on any atom is -0.292 e. The van der Waals surface area contributed by atoms with Gasteiger partial charge >= 0.3 is 0 Å². The molecule has 0 aromatic heterocycles. The van der Waals surface area contributed by atoms with E-state index in [0.29, 0.717) is 5.56 Å². The number of aryl methyl sites for hydroxylation is 2. The third-order valence-corrected chi connectivity index (χ3v) is 3.21. The molecule has 2 rings (SSSR count). The Morgan fingerprint density at radius 1 is 1.31 bits per heavy atom. The number of hydrogen-bond acceptors (Lipinski definition) is 2. The first-order chi connectivity index (χ1) is 7.54. The van der Waals surface area contributed by atoms with Crippen LogP contribution in [0.1, 0.15) is 41.8 Å². The van der Waals surface area contributed by atoms with Gasteiger partial charge in [0.25, 0.3) is 0 Å². The number of carbonyl (C=O) groups excluding carboxylic acids is 1. The van der Waals surface area contributed by atoms with Gasteiger partial charge in [-0.3, -0.25) is 4.79 Å². The maximum atomic E-state index is 12.1. The molecular weight excluding hydrogens is 198 g/mol. The van der Waals surface area contributed by atoms with E-state index in [2.05, 4.69) is 6.07 Å². The number of hydrogen-bond donors (Lipinski definition) is 0. The van der Waals surface area contributed by atoms with Crippen LogP contribution in [0.15, 0.2) is 18.2 Å². The van der Waals surface area contributed by atoms with Gasteiger partial charge in [-0.2, -0.15) is 5.26 Å². The lowest BCUT2D eigenvalue weighted by atomic mass is 9.85. The Kier molecular flexibility index (Phi) is 2.55. The highest BCUT2D eigenvalue weighted by atomic mass is 16.1. The van der Waals surface area contributed by atoms with E-state index in [4.69, 9.17) is 5.26 Å². The second-order valence-corrected chi connectivity index (χ2v) is 4.90. The molecule has 0 fully saturated rings. The van der Waals surface area contributed by atoms with Gasteiger partial charge in [-0.25, -0.2) is 0 Å². The van der Waals surface area contributed by atoms with Crippen molar-refractivity contribution < 1.29 is 4.79 Å². The fourth-order valence-corrected chi connectivity index (χ4v) is 2.12. The largest absolute Gasteiger partial charge is 0.292 e. The molecule has 0 radical (unpaired) electrons. The van der Waals surface area contributed by atoms with Crippen LogP contribution in [0, 0.1) is 16.7 Å². The second kappa shape index (κ2) is 3.75. The molecular formula is C14H15NO. The lowest BCUT2D eigenvalue weighted by molar-refractivity contribution is 0.0892. The van der Waals surface area contributed by atoms with Crippen LogP contribution in [0.4, 0.5) is 0 Å². The van der Waals surface area contributed by atoms with Crippen LogP contribution < -0.4 is 0 Å². The summed E-state index contributed by atoms with van der Waals surface area (Å²) in [4.78, 5) is 12.1. The van der Waals surface area contributed by atoms with Gasteiger partial charge in [-0.05, 0) is 50.3 Å². The number of nitrogens with zero attached hydrogens (tertiary/aromatic N) is 1. The predicted octanol–water partition coefficient (Wildman–Crippen LogP) is 2.91. The van der Waals surface area contributed by atoms with Crippen LogP contribution in [-0.4, -0.2) is 5.78 Å². The summed E-state index contributed by atoms with van der Waals surface area (Å²) in [5.41, 5.74) is 2.38. The third-order valence-electron chi connectivity index (χ3n) is 3.21. The van der Waals surface area contributed by atoms with Crippen LogP contribution >= 0.6 is 0 Å². The first kappa shape index (κ1) is 10.9. The summed E-state index contributed by atoms with van der Waals surface area (Å²) in [5.74, 6) is -0.0790. The highest BCUT2D eigenvalue weighted by Crippen LogP contribution is 2.26. The normalized spacial score (nSPS) is 14.3. The zero-order valence-electron chi connectivity index (χ0n) is 9.71. The van der Waals surface area contributed by atoms with E-state index < -0.39 is 5.41 Å². The van der Waals surface area contributed by atoms with Gasteiger partial charge in [0.05, 0.1) is 6.07 Å². The highest BCUT2D eigenvalue weighted by Gasteiger charge is 2.28. The Bertz CT molecular complexity index is 480. The number of rotatable bonds is 2. The highest BCUT2D eigenvalue weighted by molar-refractivity contribution is 6.01. The number of carbonyl (C=O) groups is 1. The average molecular weight is 213 g/mol. The van der Waals surface area contributed by atoms with Crippen LogP contribution in [-0.2, 0) is 12.8 Å². The smallest absolute Gasteiger partial charge is 0.182 e. The summed E-state index contributed by atoms with van der Waals surface area (Å²) in [7, 11) is 0. The predicted molar refractivity (Wildman–Crippen MR) is 62.2 cm³/mol. The monoisotopic (exact) mass is 213 g/mol. The molecule has 2 nitrogen and oxygen atoms in total. The van der Waals surface area contributed by atoms with E-state index in [1.54, 1.807) is 13.8 Å². The first-order valence-electron chi connectivity index (χ1n) is 5.62. The SMILES string of the molecule is CC(C)(C#N)C(=O)c1ccc2c(c1)CCC2. The molecule has 0 N–H and O–H groups in total. The van der Waals surface area contributed by atoms with Gasteiger partial charge in [-0.15, -0.1) is 0 Å². The molecule has 0 bridgehead atoms. The van der Waals surface area contributed by atoms with Gasteiger partial charge in [0.15, 0.2) is 5.78 Å². The van der Waals surface area contributed by atoms with Gasteiger partial charge in [0.1, 0.15) is 5.41 Å². The van der Waals surface area contributed by atoms with E-state index in [0.717, 1.165) is 12.8 Å². The molecule has 1 aromatic carbocycles. The van der Waals surface area contributed by atoms with Crippen molar-refractivity contribution in [3.63, 3.8) is 0 Å². The van der Waals surface area contributed by atoms with E-state index >= 15 is 0 Å². The van der Waals surface area contributed by atoms with Gasteiger partial charge in [-0.1, -0.05) is 12.1 Å². The average Bonchev–Trinajstić information content (AvgIpc) is 2.74. The van der Waals surface area contributed by atoms with Crippen molar-refractivity contribution in [1.29, 1.82) is 5.26 Å². The summed E-state index contributed by atoms with van der Waals surface area (Å²) in [6.45, 7) is 3.34. The molecule has 1 aromatic rings. The fourth-order valence-electron chi connectivity index (χ4n) is 2.12. The molecule has 0 heterocycles. The van der Waals surface area contributed by atoms with Crippen molar-refractivity contribution in [3.8, 4) is 6.07 Å². The first-order valence-corrected chi connectivity index (χ1v) is 5.62. The summed E-state index contributed by atoms with van der Waals surface area (Å²) in [6, 6.07) is 7.90. The molecule has 0 spiro atoms. The molecule has 0 unspecified atom stereocenters. The number of nitriles is 1. The maximum absolute atomic E-state index is 12.1. The minimum atomic E-state index is -0.924. The van der Waals surface area contributed by atoms with Crippen molar-refractivity contribution in [2.45, 2.75) is 33.1 Å². The summed E-state index contributed by atoms with van der Waals surface area (Å²) < 4.78 is 0. The summed E-state index contributed by atoms with van der Waals surface area (Å²) >= 11 is 0. The molecule has 0 saturated carbocycles. The topological polar surface area (TPSA) is 40.9 Å². The molecule has 0 saturated heterocycles. The number of ketones is 1. The second-order valence-electron chi connectivity index (χ2n) is 4.90. The van der Waals surface area contributed by atoms with Crippen LogP contribution in [0.5, 0.6) is 0 Å². The van der Waals surface area contributed by atoms with Crippen molar-refractivity contribution >= 4 is 5.78 Å². The minimum absolute atomic E-state index is 0.0790. The van der Waals surface area contributed by atoms with Gasteiger partial charge < -0.3 is 0 Å². The Hall–Kier alpha value is -1.62. The van der Waals surface area contributed by atoms with Crippen molar-refractivity contribution in [1.82, 2.24) is 0 Å². The summed E-state index contributed by atoms with van der Waals surface area (Å²) in [5, 5.41) is 8.95. The molecule has 0 aliphatic heterocycles. The van der Waals surface area contributed by atoms with E-state index in [1.165, 1.54) is 17.5 Å². The fraction of sp³-hybridized carbons (Fsp3) is 0.429. The summed E-state index contributed by atoms with van der Waals surface area (Å²) in [6.07, 6.45) is 3.35. The number of fused-ring (bicyclic) bond motifs is 1. The van der Waals surface area contributed by atoms with Crippen LogP contribution in [0.2, 0.25) is 0 Å². The number of benzene rings is 1. The maximum Gasteiger partial charge on any atom is 0.182 e. The zero-order chi connectivity index (χ0) is 11.8. The lowest BCUT2D eigenvalue weighted by Crippen LogP contribution is -2.22. The van der Waals surface area contributed by atoms with Crippen molar-refractivity contribution in [3.05, 3.63) is 34.9 Å². The third kappa shape index (κ3) is 1.74. The van der Waals surface area contributed by atoms with Crippen LogP contribution in [0.25, 0.3) is 0 Å². The Labute approximate surface area is 95.9 Å². The number of Topliss-reactive ketones (excluding diaryl/α,β-unsaturated/α-hetero) is 1. The quantitative estimate of drug-likeness (QED) is 0.709. The molecule has 0 amide bonds. The van der Waals surface area contributed by atoms with Gasteiger partial charge in [0, 0.05) is 5.56 Å². The molecule has 2 heteroatoms. The molecule has 16 heavy (non-hydrogen) atoms. The molecule has 1 aliphatic carbocycles. The standard InChI is InChI=1S/C14H15NO/c1-14(2,9-15)13(16)12-7-6-10-4-3-5-11(10)8-12/h6-8H,3-5H2,1-2H3. The Morgan fingerprint density at radius 3 is 2.69 bits per heavy atom. The van der Waals surface area contributed by atoms with Gasteiger partial charge in [0.2, 0.25) is 0 Å². The van der Waals surface area contributed by atoms with E-state index in [9.17, 15) is 4.79 Å². The van der Waals surface area contributed by atoms with Crippen molar-refractivity contribution in [2.24, 2.45) is 5.41 Å². The Morgan fingerprint density at radius 2 is 2.00 bits per heavy atom. The zero-order valence-corrected chi connectivity index (χ0v) is 9.71. The Balaban J connectivity index is 2.36. The van der Waals surface area contributed by atoms with Crippen LogP contribution in [0.3, 0.4) is 0 Å². The molecule has 0 atom stereocenters. The molecule has 82 valence electrons. The lowest BCUT2D eigenvalue weighted by Gasteiger charge is -2.14.